The highest BCUT2D eigenvalue weighted by Crippen LogP contribution is 1.74. The Hall–Kier alpha value is 0.510. The van der Waals surface area contributed by atoms with Gasteiger partial charge in [-0.05, 0) is 7.05 Å². The first-order valence-electron chi connectivity index (χ1n) is 2.85. The molecule has 0 aromatic carbocycles. The fraction of sp³-hybridized carbons (Fsp3) is 0.800. The third-order valence-electron chi connectivity index (χ3n) is 1.02. The first-order chi connectivity index (χ1) is 4.22. The number of ketones is 1. The van der Waals surface area contributed by atoms with Crippen molar-refractivity contribution in [3.05, 3.63) is 0 Å². The molecule has 0 saturated heterocycles. The normalized spacial score (nSPS) is 10.8. The van der Waals surface area contributed by atoms with Crippen LogP contribution in [0.5, 0.6) is 0 Å². The number of hydrogen-bond donors (Lipinski definition) is 3. The maximum Gasteiger partial charge on any atom is 0.164 e. The van der Waals surface area contributed by atoms with Crippen molar-refractivity contribution in [1.82, 2.24) is 5.32 Å². The van der Waals surface area contributed by atoms with Gasteiger partial charge in [0.15, 0.2) is 5.78 Å². The Morgan fingerprint density at radius 2 is 2.00 bits per heavy atom. The van der Waals surface area contributed by atoms with E-state index >= 15 is 0 Å². The van der Waals surface area contributed by atoms with E-state index in [2.05, 4.69) is 5.32 Å². The van der Waals surface area contributed by atoms with Crippen LogP contribution in [-0.4, -0.2) is 32.0 Å². The molecule has 0 amide bonds. The van der Waals surface area contributed by atoms with E-state index in [4.69, 9.17) is 11.5 Å². The first-order valence-corrected chi connectivity index (χ1v) is 2.85. The van der Waals surface area contributed by atoms with Gasteiger partial charge < -0.3 is 16.8 Å². The fourth-order valence-corrected chi connectivity index (χ4v) is 0.437. The van der Waals surface area contributed by atoms with E-state index < -0.39 is 6.04 Å². The van der Waals surface area contributed by atoms with Crippen molar-refractivity contribution in [1.29, 1.82) is 0 Å². The molecule has 5 N–H and O–H groups in total. The van der Waals surface area contributed by atoms with Crippen molar-refractivity contribution in [3.63, 3.8) is 0 Å². The van der Waals surface area contributed by atoms with Gasteiger partial charge in [0.1, 0.15) is 0 Å². The highest BCUT2D eigenvalue weighted by molar-refractivity contribution is 8.93. The second-order valence-corrected chi connectivity index (χ2v) is 1.84. The lowest BCUT2D eigenvalue weighted by molar-refractivity contribution is -0.119. The smallest absolute Gasteiger partial charge is 0.164 e. The summed E-state index contributed by atoms with van der Waals surface area (Å²) in [6, 6.07) is -0.502. The summed E-state index contributed by atoms with van der Waals surface area (Å²) in [5.41, 5.74) is 10.4. The molecule has 70 valence electrons. The summed E-state index contributed by atoms with van der Waals surface area (Å²) in [5, 5.41) is 2.70. The first kappa shape index (κ1) is 17.6. The molecule has 0 bridgehead atoms. The molecule has 4 nitrogen and oxygen atoms in total. The third kappa shape index (κ3) is 8.42. The molecule has 0 spiro atoms. The third-order valence-corrected chi connectivity index (χ3v) is 1.02. The predicted molar refractivity (Wildman–Crippen MR) is 56.6 cm³/mol. The molecule has 0 rings (SSSR count). The van der Waals surface area contributed by atoms with Gasteiger partial charge in [-0.25, -0.2) is 0 Å². The van der Waals surface area contributed by atoms with Crippen LogP contribution in [0.2, 0.25) is 0 Å². The second kappa shape index (κ2) is 10.5. The molecule has 0 saturated carbocycles. The van der Waals surface area contributed by atoms with Gasteiger partial charge in [-0.1, -0.05) is 0 Å². The van der Waals surface area contributed by atoms with E-state index in [1.54, 1.807) is 7.05 Å². The number of nitrogens with one attached hydrogen (secondary N) is 1. The van der Waals surface area contributed by atoms with Crippen molar-refractivity contribution in [2.24, 2.45) is 11.5 Å². The zero-order valence-electron chi connectivity index (χ0n) is 6.37. The summed E-state index contributed by atoms with van der Waals surface area (Å²) in [4.78, 5) is 10.7. The van der Waals surface area contributed by atoms with Crippen molar-refractivity contribution in [2.45, 2.75) is 6.04 Å². The topological polar surface area (TPSA) is 81.1 Å². The summed E-state index contributed by atoms with van der Waals surface area (Å²) >= 11 is 0. The minimum absolute atomic E-state index is 0. The van der Waals surface area contributed by atoms with Gasteiger partial charge >= 0.3 is 0 Å². The van der Waals surface area contributed by atoms with Crippen LogP contribution in [0.15, 0.2) is 0 Å². The van der Waals surface area contributed by atoms with Crippen LogP contribution in [0.1, 0.15) is 0 Å². The summed E-state index contributed by atoms with van der Waals surface area (Å²) in [6.07, 6.45) is 0. The monoisotopic (exact) mass is 291 g/mol. The number of carbonyl (C=O) groups excluding carboxylic acids is 1. The van der Waals surface area contributed by atoms with Crippen LogP contribution in [-0.2, 0) is 4.79 Å². The molecular formula is C5H15Br2N3O. The Labute approximate surface area is 87.6 Å². The molecule has 11 heavy (non-hydrogen) atoms. The maximum atomic E-state index is 10.7. The van der Waals surface area contributed by atoms with Crippen LogP contribution in [0.25, 0.3) is 0 Å². The molecule has 0 aliphatic rings. The Bertz CT molecular complexity index is 102. The average Bonchev–Trinajstić information content (AvgIpc) is 1.87. The SMILES string of the molecule is Br.Br.CNCC(=O)C(N)CN. The summed E-state index contributed by atoms with van der Waals surface area (Å²) in [5.74, 6) is -0.0417. The average molecular weight is 293 g/mol. The number of hydrogen-bond acceptors (Lipinski definition) is 4. The number of rotatable bonds is 4. The Kier molecular flexibility index (Phi) is 16.8. The lowest BCUT2D eigenvalue weighted by atomic mass is 10.2. The quantitative estimate of drug-likeness (QED) is 0.635. The summed E-state index contributed by atoms with van der Waals surface area (Å²) < 4.78 is 0. The van der Waals surface area contributed by atoms with E-state index in [9.17, 15) is 4.79 Å². The minimum Gasteiger partial charge on any atom is -0.328 e. The molecule has 0 aliphatic carbocycles. The number of likely N-dealkylation sites (N-methyl/N-ethyl adjacent to an activating group) is 1. The van der Waals surface area contributed by atoms with Gasteiger partial charge in [0.25, 0.3) is 0 Å². The lowest BCUT2D eigenvalue weighted by Gasteiger charge is -2.04. The molecule has 6 heteroatoms. The Balaban J connectivity index is -0.000000320. The molecule has 0 heterocycles. The lowest BCUT2D eigenvalue weighted by Crippen LogP contribution is -2.41. The zero-order valence-corrected chi connectivity index (χ0v) is 9.80. The summed E-state index contributed by atoms with van der Waals surface area (Å²) in [7, 11) is 1.70. The molecule has 0 aromatic heterocycles. The number of halogens is 2. The van der Waals surface area contributed by atoms with Gasteiger partial charge in [0, 0.05) is 6.54 Å². The molecule has 1 unspecified atom stereocenters. The Morgan fingerprint density at radius 1 is 1.55 bits per heavy atom. The highest BCUT2D eigenvalue weighted by Gasteiger charge is 2.08. The van der Waals surface area contributed by atoms with Crippen molar-refractivity contribution < 1.29 is 4.79 Å². The van der Waals surface area contributed by atoms with E-state index in [-0.39, 0.29) is 46.3 Å². The second-order valence-electron chi connectivity index (χ2n) is 1.84. The number of Topliss-reactive ketones (excluding diaryl/α,β-unsaturated/α-hetero) is 1. The van der Waals surface area contributed by atoms with Gasteiger partial charge in [0.05, 0.1) is 12.6 Å². The molecule has 0 fully saturated rings. The van der Waals surface area contributed by atoms with E-state index in [1.165, 1.54) is 0 Å². The van der Waals surface area contributed by atoms with E-state index in [0.29, 0.717) is 6.54 Å². The molecule has 0 aliphatic heterocycles. The summed E-state index contributed by atoms with van der Waals surface area (Å²) in [6.45, 7) is 0.527. The standard InChI is InChI=1S/C5H13N3O.2BrH/c1-8-3-5(9)4(7)2-6;;/h4,8H,2-3,6-7H2,1H3;2*1H. The van der Waals surface area contributed by atoms with Crippen molar-refractivity contribution >= 4 is 39.7 Å². The Morgan fingerprint density at radius 3 is 2.27 bits per heavy atom. The van der Waals surface area contributed by atoms with Gasteiger partial charge in [-0.2, -0.15) is 0 Å². The van der Waals surface area contributed by atoms with Crippen LogP contribution in [0.4, 0.5) is 0 Å². The van der Waals surface area contributed by atoms with Crippen molar-refractivity contribution in [3.8, 4) is 0 Å². The van der Waals surface area contributed by atoms with Crippen LogP contribution in [0.3, 0.4) is 0 Å². The zero-order chi connectivity index (χ0) is 7.28. The van der Waals surface area contributed by atoms with Gasteiger partial charge in [0.2, 0.25) is 0 Å². The molecular weight excluding hydrogens is 278 g/mol. The molecule has 0 aromatic rings. The van der Waals surface area contributed by atoms with E-state index in [0.717, 1.165) is 0 Å². The molecule has 1 atom stereocenters. The van der Waals surface area contributed by atoms with Gasteiger partial charge in [-0.3, -0.25) is 4.79 Å². The molecule has 0 radical (unpaired) electrons. The number of nitrogens with two attached hydrogens (primary N) is 2. The van der Waals surface area contributed by atoms with Crippen LogP contribution < -0.4 is 16.8 Å². The largest absolute Gasteiger partial charge is 0.328 e. The van der Waals surface area contributed by atoms with Crippen molar-refractivity contribution in [2.75, 3.05) is 20.1 Å². The van der Waals surface area contributed by atoms with Gasteiger partial charge in [-0.15, -0.1) is 34.0 Å². The predicted octanol–water partition coefficient (Wildman–Crippen LogP) is -0.783. The maximum absolute atomic E-state index is 10.7. The van der Waals surface area contributed by atoms with E-state index in [1.807, 2.05) is 0 Å². The van der Waals surface area contributed by atoms with Crippen LogP contribution in [0, 0.1) is 0 Å². The highest BCUT2D eigenvalue weighted by atomic mass is 79.9. The number of carbonyl (C=O) groups is 1. The minimum atomic E-state index is -0.502. The van der Waals surface area contributed by atoms with Crippen LogP contribution >= 0.6 is 34.0 Å². The fourth-order valence-electron chi connectivity index (χ4n) is 0.437.